The number of hydrogen-bond donors (Lipinski definition) is 2. The normalized spacial score (nSPS) is 10.6. The molecule has 6 nitrogen and oxygen atoms in total. The van der Waals surface area contributed by atoms with Gasteiger partial charge < -0.3 is 15.7 Å². The highest BCUT2D eigenvalue weighted by Crippen LogP contribution is 2.22. The Morgan fingerprint density at radius 2 is 2.05 bits per heavy atom. The van der Waals surface area contributed by atoms with Crippen molar-refractivity contribution in [2.24, 2.45) is 5.73 Å². The number of carboxylic acid groups (broad SMARTS) is 1. The fraction of sp³-hybridized carbons (Fsp3) is 0.182. The molecule has 1 aromatic heterocycles. The van der Waals surface area contributed by atoms with Gasteiger partial charge in [0, 0.05) is 11.0 Å². The molecule has 19 heavy (non-hydrogen) atoms. The molecule has 0 aliphatic rings. The van der Waals surface area contributed by atoms with E-state index < -0.39 is 30.9 Å². The summed E-state index contributed by atoms with van der Waals surface area (Å²) in [4.78, 5) is 34.7. The number of aliphatic carboxylic acids is 1. The van der Waals surface area contributed by atoms with Crippen LogP contribution in [0.15, 0.2) is 18.2 Å². The van der Waals surface area contributed by atoms with Crippen LogP contribution in [0.1, 0.15) is 4.88 Å². The number of hydrogen-bond acceptors (Lipinski definition) is 4. The molecule has 1 rings (SSSR count). The van der Waals surface area contributed by atoms with Gasteiger partial charge in [-0.25, -0.2) is 0 Å². The van der Waals surface area contributed by atoms with Gasteiger partial charge in [0.15, 0.2) is 0 Å². The molecule has 0 unspecified atom stereocenters. The van der Waals surface area contributed by atoms with Crippen molar-refractivity contribution in [3.63, 3.8) is 0 Å². The van der Waals surface area contributed by atoms with Crippen LogP contribution in [0, 0.1) is 0 Å². The third-order valence-corrected chi connectivity index (χ3v) is 3.17. The van der Waals surface area contributed by atoms with E-state index in [1.165, 1.54) is 23.5 Å². The molecule has 0 aromatic carbocycles. The zero-order chi connectivity index (χ0) is 14.4. The maximum atomic E-state index is 11.7. The Morgan fingerprint density at radius 1 is 1.37 bits per heavy atom. The lowest BCUT2D eigenvalue weighted by molar-refractivity contribution is -0.143. The second kappa shape index (κ2) is 6.91. The number of halogens is 1. The van der Waals surface area contributed by atoms with Gasteiger partial charge in [0.05, 0.1) is 4.34 Å². The summed E-state index contributed by atoms with van der Waals surface area (Å²) in [5, 5.41) is 8.65. The van der Waals surface area contributed by atoms with E-state index in [1.807, 2.05) is 0 Å². The molecule has 1 aromatic rings. The number of amides is 2. The topological polar surface area (TPSA) is 101 Å². The summed E-state index contributed by atoms with van der Waals surface area (Å²) < 4.78 is 0.576. The van der Waals surface area contributed by atoms with E-state index >= 15 is 0 Å². The highest BCUT2D eigenvalue weighted by molar-refractivity contribution is 7.17. The summed E-state index contributed by atoms with van der Waals surface area (Å²) in [5.41, 5.74) is 4.95. The van der Waals surface area contributed by atoms with Gasteiger partial charge in [-0.05, 0) is 18.2 Å². The van der Waals surface area contributed by atoms with E-state index in [-0.39, 0.29) is 0 Å². The van der Waals surface area contributed by atoms with E-state index in [9.17, 15) is 14.4 Å². The Kier molecular flexibility index (Phi) is 5.53. The molecule has 8 heteroatoms. The summed E-state index contributed by atoms with van der Waals surface area (Å²) in [6.07, 6.45) is 2.67. The molecule has 1 heterocycles. The first kappa shape index (κ1) is 15.2. The average Bonchev–Trinajstić information content (AvgIpc) is 2.70. The molecule has 0 spiro atoms. The number of primary amides is 1. The molecular formula is C11H11ClN2O4S. The third kappa shape index (κ3) is 5.54. The fourth-order valence-electron chi connectivity index (χ4n) is 1.24. The summed E-state index contributed by atoms with van der Waals surface area (Å²) in [6.45, 7) is -1.03. The molecule has 0 saturated heterocycles. The zero-order valence-electron chi connectivity index (χ0n) is 9.71. The number of carbonyl (C=O) groups excluding carboxylic acids is 2. The van der Waals surface area contributed by atoms with Gasteiger partial charge >= 0.3 is 5.97 Å². The predicted octanol–water partition coefficient (Wildman–Crippen LogP) is 0.813. The molecule has 0 bridgehead atoms. The van der Waals surface area contributed by atoms with Gasteiger partial charge in [-0.2, -0.15) is 0 Å². The van der Waals surface area contributed by atoms with Gasteiger partial charge in [0.1, 0.15) is 13.1 Å². The fourth-order valence-corrected chi connectivity index (χ4v) is 2.20. The van der Waals surface area contributed by atoms with Crippen molar-refractivity contribution in [3.8, 4) is 0 Å². The number of rotatable bonds is 6. The quantitative estimate of drug-likeness (QED) is 0.759. The largest absolute Gasteiger partial charge is 0.480 e. The zero-order valence-corrected chi connectivity index (χ0v) is 11.3. The van der Waals surface area contributed by atoms with Crippen molar-refractivity contribution < 1.29 is 19.5 Å². The Balaban J connectivity index is 2.73. The summed E-state index contributed by atoms with van der Waals surface area (Å²) in [6, 6.07) is 3.39. The first-order chi connectivity index (χ1) is 8.88. The third-order valence-electron chi connectivity index (χ3n) is 1.97. The number of nitrogens with two attached hydrogens (primary N) is 1. The number of carboxylic acids is 1. The van der Waals surface area contributed by atoms with Crippen molar-refractivity contribution in [1.82, 2.24) is 4.90 Å². The van der Waals surface area contributed by atoms with Gasteiger partial charge in [-0.3, -0.25) is 14.4 Å². The standard InChI is InChI=1S/C11H11ClN2O4S/c12-8-3-1-7(19-8)2-4-10(16)14(5-9(13)15)6-11(17)18/h1-4H,5-6H2,(H2,13,15)(H,17,18)/b4-2+. The first-order valence-electron chi connectivity index (χ1n) is 5.11. The average molecular weight is 303 g/mol. The lowest BCUT2D eigenvalue weighted by Crippen LogP contribution is -2.40. The molecule has 0 saturated carbocycles. The maximum Gasteiger partial charge on any atom is 0.323 e. The van der Waals surface area contributed by atoms with Crippen molar-refractivity contribution in [3.05, 3.63) is 27.4 Å². The number of nitrogens with zero attached hydrogens (tertiary/aromatic N) is 1. The molecule has 0 aliphatic carbocycles. The highest BCUT2D eigenvalue weighted by Gasteiger charge is 2.16. The second-order valence-electron chi connectivity index (χ2n) is 3.53. The van der Waals surface area contributed by atoms with E-state index in [0.29, 0.717) is 4.34 Å². The van der Waals surface area contributed by atoms with Crippen LogP contribution >= 0.6 is 22.9 Å². The minimum atomic E-state index is -1.22. The smallest absolute Gasteiger partial charge is 0.323 e. The molecule has 0 radical (unpaired) electrons. The van der Waals surface area contributed by atoms with Gasteiger partial charge in [-0.15, -0.1) is 11.3 Å². The van der Waals surface area contributed by atoms with E-state index in [4.69, 9.17) is 22.4 Å². The summed E-state index contributed by atoms with van der Waals surface area (Å²) in [5.74, 6) is -2.60. The van der Waals surface area contributed by atoms with Crippen LogP contribution in [0.2, 0.25) is 4.34 Å². The minimum absolute atomic E-state index is 0.444. The molecule has 0 fully saturated rings. The molecule has 0 aliphatic heterocycles. The van der Waals surface area contributed by atoms with Crippen molar-refractivity contribution in [2.45, 2.75) is 0 Å². The van der Waals surface area contributed by atoms with Crippen LogP contribution < -0.4 is 5.73 Å². The maximum absolute atomic E-state index is 11.7. The van der Waals surface area contributed by atoms with Gasteiger partial charge in [0.2, 0.25) is 11.8 Å². The molecule has 0 atom stereocenters. The van der Waals surface area contributed by atoms with E-state index in [0.717, 1.165) is 9.78 Å². The molecule has 3 N–H and O–H groups in total. The van der Waals surface area contributed by atoms with Gasteiger partial charge in [-0.1, -0.05) is 11.6 Å². The van der Waals surface area contributed by atoms with Gasteiger partial charge in [0.25, 0.3) is 0 Å². The Hall–Kier alpha value is -1.86. The Morgan fingerprint density at radius 3 is 2.53 bits per heavy atom. The highest BCUT2D eigenvalue weighted by atomic mass is 35.5. The van der Waals surface area contributed by atoms with Crippen LogP contribution in [0.5, 0.6) is 0 Å². The molecule has 102 valence electrons. The van der Waals surface area contributed by atoms with Crippen LogP contribution in [0.4, 0.5) is 0 Å². The van der Waals surface area contributed by atoms with Crippen LogP contribution in [-0.2, 0) is 14.4 Å². The summed E-state index contributed by atoms with van der Waals surface area (Å²) >= 11 is 7.00. The Bertz CT molecular complexity index is 511. The monoisotopic (exact) mass is 302 g/mol. The lowest BCUT2D eigenvalue weighted by atomic mass is 10.3. The van der Waals surface area contributed by atoms with Crippen molar-refractivity contribution in [1.29, 1.82) is 0 Å². The SMILES string of the molecule is NC(=O)CN(CC(=O)O)C(=O)/C=C/c1ccc(Cl)s1. The van der Waals surface area contributed by atoms with Crippen molar-refractivity contribution in [2.75, 3.05) is 13.1 Å². The van der Waals surface area contributed by atoms with Crippen LogP contribution in [-0.4, -0.2) is 40.9 Å². The second-order valence-corrected chi connectivity index (χ2v) is 5.28. The van der Waals surface area contributed by atoms with Crippen LogP contribution in [0.25, 0.3) is 6.08 Å². The lowest BCUT2D eigenvalue weighted by Gasteiger charge is -2.16. The van der Waals surface area contributed by atoms with Crippen molar-refractivity contribution >= 4 is 46.8 Å². The summed E-state index contributed by atoms with van der Waals surface area (Å²) in [7, 11) is 0. The Labute approximate surface area is 118 Å². The molecule has 2 amide bonds. The first-order valence-corrected chi connectivity index (χ1v) is 6.30. The number of carbonyl (C=O) groups is 3. The van der Waals surface area contributed by atoms with E-state index in [2.05, 4.69) is 0 Å². The van der Waals surface area contributed by atoms with E-state index in [1.54, 1.807) is 12.1 Å². The molecular weight excluding hydrogens is 292 g/mol. The van der Waals surface area contributed by atoms with Crippen LogP contribution in [0.3, 0.4) is 0 Å². The minimum Gasteiger partial charge on any atom is -0.480 e. The number of thiophene rings is 1. The predicted molar refractivity (Wildman–Crippen MR) is 71.8 cm³/mol.